The molecule has 1 aromatic carbocycles. The zero-order chi connectivity index (χ0) is 35.7. The van der Waals surface area contributed by atoms with Gasteiger partial charge in [0, 0.05) is 27.7 Å². The number of ether oxygens (including phenoxy) is 2. The molecule has 4 aromatic rings. The number of H-pyrrole nitrogens is 2. The number of nitrogens with one attached hydrogen (secondary N) is 2. The highest BCUT2D eigenvalue weighted by molar-refractivity contribution is 6.03. The molecule has 8 bridgehead atoms. The Kier molecular flexibility index (Phi) is 10.4. The normalized spacial score (nSPS) is 13.1. The van der Waals surface area contributed by atoms with Gasteiger partial charge in [0.25, 0.3) is 0 Å². The minimum atomic E-state index is 0.701. The number of methoxy groups -OCH3 is 2. The molecule has 0 spiro atoms. The molecular weight excluding hydrogens is 617 g/mol. The van der Waals surface area contributed by atoms with E-state index in [0.717, 1.165) is 107 Å². The Labute approximate surface area is 298 Å². The van der Waals surface area contributed by atoms with Crippen molar-refractivity contribution in [2.24, 2.45) is 0 Å². The number of hydrogen-bond acceptors (Lipinski definition) is 4. The lowest BCUT2D eigenvalue weighted by molar-refractivity contribution is 0.356. The molecule has 2 aliphatic heterocycles. The highest BCUT2D eigenvalue weighted by Gasteiger charge is 2.28. The Balaban J connectivity index is 1.96. The second-order valence-corrected chi connectivity index (χ2v) is 13.1. The highest BCUT2D eigenvalue weighted by atomic mass is 16.5. The third-order valence-corrected chi connectivity index (χ3v) is 10.8. The van der Waals surface area contributed by atoms with Crippen LogP contribution in [0.4, 0.5) is 0 Å². The molecule has 2 N–H and O–H groups in total. The van der Waals surface area contributed by atoms with Gasteiger partial charge in [-0.1, -0.05) is 67.5 Å². The highest BCUT2D eigenvalue weighted by Crippen LogP contribution is 2.47. The molecule has 0 radical (unpaired) electrons. The summed E-state index contributed by atoms with van der Waals surface area (Å²) in [5, 5.41) is 0. The molecule has 5 heterocycles. The first-order valence-corrected chi connectivity index (χ1v) is 18.8. The molecule has 262 valence electrons. The monoisotopic (exact) mass is 670 g/mol. The van der Waals surface area contributed by atoms with Crippen molar-refractivity contribution in [3.8, 4) is 22.6 Å². The average molecular weight is 671 g/mol. The van der Waals surface area contributed by atoms with Crippen LogP contribution in [0, 0.1) is 0 Å². The van der Waals surface area contributed by atoms with E-state index in [1.54, 1.807) is 14.2 Å². The van der Waals surface area contributed by atoms with Crippen molar-refractivity contribution < 1.29 is 9.47 Å². The average Bonchev–Trinajstić information content (AvgIpc) is 3.86. The van der Waals surface area contributed by atoms with E-state index in [2.05, 4.69) is 95.7 Å². The summed E-state index contributed by atoms with van der Waals surface area (Å²) in [5.41, 5.74) is 21.2. The first-order valence-electron chi connectivity index (χ1n) is 18.8. The van der Waals surface area contributed by atoms with Crippen LogP contribution in [0.3, 0.4) is 0 Å². The Bertz CT molecular complexity index is 2180. The molecule has 3 aromatic heterocycles. The molecule has 0 atom stereocenters. The third-order valence-electron chi connectivity index (χ3n) is 10.8. The number of fused-ring (bicyclic) bond motifs is 8. The maximum atomic E-state index is 6.14. The molecule has 0 saturated heterocycles. The lowest BCUT2D eigenvalue weighted by atomic mass is 9.92. The van der Waals surface area contributed by atoms with Gasteiger partial charge in [-0.25, -0.2) is 9.97 Å². The van der Waals surface area contributed by atoms with Crippen LogP contribution in [0.25, 0.3) is 55.5 Å². The van der Waals surface area contributed by atoms with E-state index in [0.29, 0.717) is 11.5 Å². The van der Waals surface area contributed by atoms with Crippen LogP contribution in [0.15, 0.2) is 36.4 Å². The molecule has 6 heteroatoms. The lowest BCUT2D eigenvalue weighted by Gasteiger charge is -2.16. The summed E-state index contributed by atoms with van der Waals surface area (Å²) < 4.78 is 12.0. The van der Waals surface area contributed by atoms with E-state index in [1.807, 2.05) is 6.07 Å². The largest absolute Gasteiger partial charge is 0.493 e. The third kappa shape index (κ3) is 5.67. The predicted molar refractivity (Wildman–Crippen MR) is 212 cm³/mol. The fourth-order valence-electron chi connectivity index (χ4n) is 8.54. The number of nitrogens with zero attached hydrogens (tertiary/aromatic N) is 2. The van der Waals surface area contributed by atoms with Gasteiger partial charge in [0.1, 0.15) is 0 Å². The maximum absolute atomic E-state index is 6.14. The van der Waals surface area contributed by atoms with E-state index < -0.39 is 0 Å². The van der Waals surface area contributed by atoms with Gasteiger partial charge < -0.3 is 19.4 Å². The molecule has 6 rings (SSSR count). The summed E-state index contributed by atoms with van der Waals surface area (Å²) in [5.74, 6) is 1.41. The van der Waals surface area contributed by atoms with Gasteiger partial charge in [0.2, 0.25) is 0 Å². The molecule has 50 heavy (non-hydrogen) atoms. The smallest absolute Gasteiger partial charge is 0.168 e. The quantitative estimate of drug-likeness (QED) is 0.166. The molecule has 0 saturated carbocycles. The molecule has 0 unspecified atom stereocenters. The van der Waals surface area contributed by atoms with E-state index in [4.69, 9.17) is 19.4 Å². The van der Waals surface area contributed by atoms with Crippen molar-refractivity contribution in [3.05, 3.63) is 81.4 Å². The Morgan fingerprint density at radius 2 is 1.04 bits per heavy atom. The van der Waals surface area contributed by atoms with Crippen molar-refractivity contribution in [2.75, 3.05) is 14.2 Å². The molecule has 0 fully saturated rings. The number of benzene rings is 1. The summed E-state index contributed by atoms with van der Waals surface area (Å²) in [6.45, 7) is 18.0. The molecule has 0 amide bonds. The summed E-state index contributed by atoms with van der Waals surface area (Å²) in [6.07, 6.45) is 7.26. The minimum Gasteiger partial charge on any atom is -0.493 e. The van der Waals surface area contributed by atoms with E-state index in [-0.39, 0.29) is 0 Å². The molecule has 0 aliphatic carbocycles. The molecular formula is C44H54N4O2. The summed E-state index contributed by atoms with van der Waals surface area (Å²) in [4.78, 5) is 18.9. The summed E-state index contributed by atoms with van der Waals surface area (Å²) in [6, 6.07) is 13.1. The number of hydrogen-bond donors (Lipinski definition) is 2. The van der Waals surface area contributed by atoms with Crippen molar-refractivity contribution in [1.82, 2.24) is 19.9 Å². The minimum absolute atomic E-state index is 0.701. The number of allylic oxidation sites excluding steroid dienone is 4. The Morgan fingerprint density at radius 3 is 1.60 bits per heavy atom. The SMILES string of the molecule is CCC1=C(CC)c2cc3[nH]c(cc4[nH]c(c(CC)c4CC)c(-c4cccc(OC)c4OC)c4nc(cc1n2)C(CC)=C4CC)c(CC)c3CC. The second kappa shape index (κ2) is 14.7. The number of aryl methyl sites for hydroxylation is 4. The van der Waals surface area contributed by atoms with Gasteiger partial charge in [0.15, 0.2) is 11.5 Å². The van der Waals surface area contributed by atoms with Crippen LogP contribution in [0.1, 0.15) is 126 Å². The number of rotatable bonds is 11. The van der Waals surface area contributed by atoms with Crippen molar-refractivity contribution >= 4 is 44.4 Å². The second-order valence-electron chi connectivity index (χ2n) is 13.1. The first kappa shape index (κ1) is 35.3. The fourth-order valence-corrected chi connectivity index (χ4v) is 8.54. The van der Waals surface area contributed by atoms with Crippen LogP contribution in [-0.4, -0.2) is 34.2 Å². The van der Waals surface area contributed by atoms with Gasteiger partial charge in [-0.2, -0.15) is 0 Å². The van der Waals surface area contributed by atoms with Crippen LogP contribution in [0.5, 0.6) is 11.5 Å². The van der Waals surface area contributed by atoms with Gasteiger partial charge >= 0.3 is 0 Å². The van der Waals surface area contributed by atoms with Crippen molar-refractivity contribution in [3.63, 3.8) is 0 Å². The van der Waals surface area contributed by atoms with E-state index >= 15 is 0 Å². The number of para-hydroxylation sites is 1. The Hall–Kier alpha value is -4.58. The van der Waals surface area contributed by atoms with E-state index in [9.17, 15) is 0 Å². The zero-order valence-electron chi connectivity index (χ0n) is 31.8. The maximum Gasteiger partial charge on any atom is 0.168 e. The molecule has 2 aliphatic rings. The van der Waals surface area contributed by atoms with Crippen LogP contribution in [0.2, 0.25) is 0 Å². The first-order chi connectivity index (χ1) is 24.4. The van der Waals surface area contributed by atoms with Gasteiger partial charge in [-0.3, -0.25) is 0 Å². The van der Waals surface area contributed by atoms with Gasteiger partial charge in [-0.05, 0) is 120 Å². The number of aromatic amines is 2. The fraction of sp³-hybridized carbons (Fsp3) is 0.409. The standard InChI is InChI=1S/C44H54N4O2/c1-11-25-27(13-3)36-23-38-29(15-5)31(17-7)42(47-38)41(33-20-19-21-40(49-9)44(33)50-10)43-32(18-8)30(16-6)39(48-43)24-37-28(14-4)26(12-2)35(46-37)22-34(25)45-36/h19-24,45,47H,11-18H2,1-10H3. The van der Waals surface area contributed by atoms with Crippen LogP contribution >= 0.6 is 0 Å². The van der Waals surface area contributed by atoms with Crippen LogP contribution < -0.4 is 9.47 Å². The van der Waals surface area contributed by atoms with Crippen molar-refractivity contribution in [2.45, 2.75) is 107 Å². The predicted octanol–water partition coefficient (Wildman–Crippen LogP) is 11.7. The topological polar surface area (TPSA) is 75.8 Å². The summed E-state index contributed by atoms with van der Waals surface area (Å²) in [7, 11) is 3.43. The zero-order valence-corrected chi connectivity index (χ0v) is 31.8. The van der Waals surface area contributed by atoms with Crippen molar-refractivity contribution in [1.29, 1.82) is 0 Å². The van der Waals surface area contributed by atoms with Gasteiger partial charge in [0.05, 0.1) is 42.5 Å². The molecule has 6 nitrogen and oxygen atoms in total. The number of aromatic nitrogens is 4. The Morgan fingerprint density at radius 1 is 0.520 bits per heavy atom. The van der Waals surface area contributed by atoms with Gasteiger partial charge in [-0.15, -0.1) is 0 Å². The van der Waals surface area contributed by atoms with Crippen LogP contribution in [-0.2, 0) is 25.7 Å². The summed E-state index contributed by atoms with van der Waals surface area (Å²) >= 11 is 0. The lowest BCUT2D eigenvalue weighted by Crippen LogP contribution is -1.97. The van der Waals surface area contributed by atoms with E-state index in [1.165, 1.54) is 44.5 Å².